The first-order chi connectivity index (χ1) is 15.2. The van der Waals surface area contributed by atoms with Crippen LogP contribution in [0.4, 0.5) is 11.4 Å². The van der Waals surface area contributed by atoms with Crippen molar-refractivity contribution in [3.05, 3.63) is 68.7 Å². The fraction of sp³-hybridized carbons (Fsp3) is 0.200. The molecule has 1 aliphatic rings. The van der Waals surface area contributed by atoms with Gasteiger partial charge in [0.25, 0.3) is 17.5 Å². The van der Waals surface area contributed by atoms with Crippen LogP contribution in [0.15, 0.2) is 53.0 Å². The lowest BCUT2D eigenvalue weighted by molar-refractivity contribution is -0.385. The van der Waals surface area contributed by atoms with E-state index in [1.54, 1.807) is 24.3 Å². The molecule has 2 N–H and O–H groups in total. The first kappa shape index (κ1) is 22.9. The molecule has 2 aromatic carbocycles. The van der Waals surface area contributed by atoms with Crippen molar-refractivity contribution in [3.63, 3.8) is 0 Å². The van der Waals surface area contributed by atoms with Crippen LogP contribution < -0.4 is 10.7 Å². The molecule has 11 nitrogen and oxygen atoms in total. The number of nitrogens with zero attached hydrogens (tertiary/aromatic N) is 2. The van der Waals surface area contributed by atoms with Gasteiger partial charge in [-0.2, -0.15) is 0 Å². The van der Waals surface area contributed by atoms with Crippen molar-refractivity contribution in [2.75, 3.05) is 18.5 Å². The van der Waals surface area contributed by atoms with Gasteiger partial charge in [0, 0.05) is 22.6 Å². The molecule has 2 aromatic rings. The molecule has 3 amide bonds. The molecule has 1 heterocycles. The average Bonchev–Trinajstić information content (AvgIpc) is 3.13. The third kappa shape index (κ3) is 5.66. The molecule has 0 aliphatic carbocycles. The second-order valence-electron chi connectivity index (χ2n) is 6.78. The Kier molecular flexibility index (Phi) is 7.15. The number of amides is 3. The molecule has 12 heteroatoms. The summed E-state index contributed by atoms with van der Waals surface area (Å²) < 4.78 is 5.82. The predicted octanol–water partition coefficient (Wildman–Crippen LogP) is 2.03. The highest BCUT2D eigenvalue weighted by atomic mass is 79.9. The van der Waals surface area contributed by atoms with E-state index in [-0.39, 0.29) is 18.5 Å². The Morgan fingerprint density at radius 1 is 1.16 bits per heavy atom. The van der Waals surface area contributed by atoms with Gasteiger partial charge in [-0.25, -0.2) is 0 Å². The second-order valence-corrected chi connectivity index (χ2v) is 7.70. The third-order valence-electron chi connectivity index (χ3n) is 4.51. The number of carbonyl (C=O) groups is 4. The summed E-state index contributed by atoms with van der Waals surface area (Å²) in [6, 6.07) is 12.1. The van der Waals surface area contributed by atoms with Crippen LogP contribution in [0.1, 0.15) is 16.8 Å². The molecule has 32 heavy (non-hydrogen) atoms. The second kappa shape index (κ2) is 10.0. The van der Waals surface area contributed by atoms with E-state index in [1.807, 2.05) is 0 Å². The number of hydrogen-bond acceptors (Lipinski definition) is 7. The minimum absolute atomic E-state index is 0.182. The molecule has 166 valence electrons. The Morgan fingerprint density at radius 3 is 2.53 bits per heavy atom. The lowest BCUT2D eigenvalue weighted by atomic mass is 10.1. The van der Waals surface area contributed by atoms with Crippen molar-refractivity contribution in [2.24, 2.45) is 5.92 Å². The van der Waals surface area contributed by atoms with Crippen LogP contribution in [0.2, 0.25) is 0 Å². The lowest BCUT2D eigenvalue weighted by Crippen LogP contribution is -2.43. The van der Waals surface area contributed by atoms with Gasteiger partial charge in [0.15, 0.2) is 6.61 Å². The molecular weight excluding hydrogens is 488 g/mol. The average molecular weight is 505 g/mol. The summed E-state index contributed by atoms with van der Waals surface area (Å²) in [6.45, 7) is -0.722. The number of hydrazine groups is 1. The van der Waals surface area contributed by atoms with E-state index in [1.165, 1.54) is 24.3 Å². The van der Waals surface area contributed by atoms with Crippen LogP contribution in [0.25, 0.3) is 0 Å². The van der Waals surface area contributed by atoms with Crippen molar-refractivity contribution in [2.45, 2.75) is 6.42 Å². The monoisotopic (exact) mass is 504 g/mol. The van der Waals surface area contributed by atoms with Crippen LogP contribution in [0.3, 0.4) is 0 Å². The smallest absolute Gasteiger partial charge is 0.311 e. The summed E-state index contributed by atoms with van der Waals surface area (Å²) in [5.41, 5.74) is 2.17. The van der Waals surface area contributed by atoms with Crippen LogP contribution in [0, 0.1) is 16.0 Å². The number of nitro benzene ring substituents is 1. The molecule has 3 rings (SSSR count). The number of benzene rings is 2. The van der Waals surface area contributed by atoms with E-state index in [9.17, 15) is 29.3 Å². The molecule has 1 fully saturated rings. The summed E-state index contributed by atoms with van der Waals surface area (Å²) in [4.78, 5) is 59.1. The first-order valence-corrected chi connectivity index (χ1v) is 10.1. The number of hydrogen-bond donors (Lipinski definition) is 2. The normalized spacial score (nSPS) is 15.2. The van der Waals surface area contributed by atoms with E-state index in [2.05, 4.69) is 26.7 Å². The number of rotatable bonds is 7. The highest BCUT2D eigenvalue weighted by Gasteiger charge is 2.37. The minimum atomic E-state index is -0.894. The van der Waals surface area contributed by atoms with Gasteiger partial charge in [0.1, 0.15) is 5.56 Å². The molecule has 1 aliphatic heterocycles. The van der Waals surface area contributed by atoms with Crippen LogP contribution in [-0.4, -0.2) is 46.8 Å². The van der Waals surface area contributed by atoms with E-state index < -0.39 is 46.8 Å². The Bertz CT molecular complexity index is 1070. The van der Waals surface area contributed by atoms with E-state index in [4.69, 9.17) is 4.74 Å². The van der Waals surface area contributed by atoms with E-state index >= 15 is 0 Å². The van der Waals surface area contributed by atoms with E-state index in [0.717, 1.165) is 9.48 Å². The fourth-order valence-corrected chi connectivity index (χ4v) is 3.23. The number of ether oxygens (including phenoxy) is 1. The molecule has 1 atom stereocenters. The molecule has 1 saturated heterocycles. The van der Waals surface area contributed by atoms with Crippen molar-refractivity contribution >= 4 is 51.0 Å². The van der Waals surface area contributed by atoms with Gasteiger partial charge in [0.05, 0.1) is 17.4 Å². The number of nitrogens with one attached hydrogen (secondary N) is 2. The zero-order valence-electron chi connectivity index (χ0n) is 16.4. The summed E-state index contributed by atoms with van der Waals surface area (Å²) in [6.07, 6.45) is -0.232. The van der Waals surface area contributed by atoms with Gasteiger partial charge in [-0.1, -0.05) is 28.1 Å². The van der Waals surface area contributed by atoms with Crippen molar-refractivity contribution in [3.8, 4) is 0 Å². The Balaban J connectivity index is 1.52. The van der Waals surface area contributed by atoms with Gasteiger partial charge in [-0.15, -0.1) is 0 Å². The zero-order chi connectivity index (χ0) is 23.3. The van der Waals surface area contributed by atoms with Crippen molar-refractivity contribution in [1.29, 1.82) is 0 Å². The highest BCUT2D eigenvalue weighted by molar-refractivity contribution is 9.10. The zero-order valence-corrected chi connectivity index (χ0v) is 18.0. The topological polar surface area (TPSA) is 148 Å². The van der Waals surface area contributed by atoms with Gasteiger partial charge in [0.2, 0.25) is 5.91 Å². The van der Waals surface area contributed by atoms with Gasteiger partial charge < -0.3 is 10.1 Å². The molecule has 0 unspecified atom stereocenters. The van der Waals surface area contributed by atoms with Crippen LogP contribution >= 0.6 is 15.9 Å². The number of anilines is 1. The molecule has 0 spiro atoms. The fourth-order valence-electron chi connectivity index (χ4n) is 2.97. The van der Waals surface area contributed by atoms with Gasteiger partial charge >= 0.3 is 5.97 Å². The highest BCUT2D eigenvalue weighted by Crippen LogP contribution is 2.21. The number of nitro groups is 1. The van der Waals surface area contributed by atoms with Gasteiger partial charge in [-0.05, 0) is 30.3 Å². The quantitative estimate of drug-likeness (QED) is 0.332. The van der Waals surface area contributed by atoms with E-state index in [0.29, 0.717) is 5.69 Å². The third-order valence-corrected chi connectivity index (χ3v) is 5.04. The maximum absolute atomic E-state index is 12.4. The molecular formula is C20H17BrN4O7. The number of para-hydroxylation sites is 1. The maximum atomic E-state index is 12.4. The first-order valence-electron chi connectivity index (χ1n) is 9.31. The maximum Gasteiger partial charge on any atom is 0.311 e. The van der Waals surface area contributed by atoms with Crippen LogP contribution in [-0.2, 0) is 19.1 Å². The predicted molar refractivity (Wildman–Crippen MR) is 114 cm³/mol. The van der Waals surface area contributed by atoms with Crippen molar-refractivity contribution in [1.82, 2.24) is 10.4 Å². The Labute approximate surface area is 190 Å². The lowest BCUT2D eigenvalue weighted by Gasteiger charge is -2.17. The molecule has 0 aromatic heterocycles. The minimum Gasteiger partial charge on any atom is -0.455 e. The standard InChI is InChI=1S/C20H17BrN4O7/c21-13-5-7-14(8-6-13)22-17(26)11-32-20(29)12-9-18(27)24(10-12)23-19(28)15-3-1-2-4-16(15)25(30)31/h1-8,12H,9-11H2,(H,22,26)(H,23,28)/t12-/m0/s1. The summed E-state index contributed by atoms with van der Waals surface area (Å²) in [5.74, 6) is -3.63. The summed E-state index contributed by atoms with van der Waals surface area (Å²) >= 11 is 3.28. The molecule has 0 radical (unpaired) electrons. The van der Waals surface area contributed by atoms with Gasteiger partial charge in [-0.3, -0.25) is 39.7 Å². The Morgan fingerprint density at radius 2 is 1.84 bits per heavy atom. The largest absolute Gasteiger partial charge is 0.455 e. The SMILES string of the molecule is O=C(COC(=O)[C@H]1CC(=O)N(NC(=O)c2ccccc2[N+](=O)[O-])C1)Nc1ccc(Br)cc1. The molecule has 0 bridgehead atoms. The number of esters is 1. The summed E-state index contributed by atoms with van der Waals surface area (Å²) in [7, 11) is 0. The number of halogens is 1. The van der Waals surface area contributed by atoms with Crippen molar-refractivity contribution < 1.29 is 28.8 Å². The summed E-state index contributed by atoms with van der Waals surface area (Å²) in [5, 5.41) is 14.5. The van der Waals surface area contributed by atoms with Crippen LogP contribution in [0.5, 0.6) is 0 Å². The Hall–Kier alpha value is -3.80. The number of carbonyl (C=O) groups excluding carboxylic acids is 4. The molecule has 0 saturated carbocycles.